The molecule has 0 spiro atoms. The van der Waals surface area contributed by atoms with E-state index in [1.807, 2.05) is 6.07 Å². The summed E-state index contributed by atoms with van der Waals surface area (Å²) in [6, 6.07) is 13.1. The highest BCUT2D eigenvalue weighted by atomic mass is 19.1. The number of ether oxygens (including phenoxy) is 1. The van der Waals surface area contributed by atoms with Gasteiger partial charge in [0.2, 0.25) is 5.91 Å². The Bertz CT molecular complexity index is 818. The van der Waals surface area contributed by atoms with E-state index in [4.69, 9.17) is 4.74 Å². The third-order valence-corrected chi connectivity index (χ3v) is 5.55. The Kier molecular flexibility index (Phi) is 5.50. The zero-order chi connectivity index (χ0) is 18.6. The number of amides is 1. The van der Waals surface area contributed by atoms with Crippen molar-refractivity contribution in [3.8, 4) is 0 Å². The lowest BCUT2D eigenvalue weighted by atomic mass is 9.96. The molecule has 4 nitrogen and oxygen atoms in total. The lowest BCUT2D eigenvalue weighted by Crippen LogP contribution is -2.42. The zero-order valence-corrected chi connectivity index (χ0v) is 15.4. The van der Waals surface area contributed by atoms with Crippen molar-refractivity contribution in [2.24, 2.45) is 0 Å². The van der Waals surface area contributed by atoms with Gasteiger partial charge in [-0.25, -0.2) is 4.39 Å². The summed E-state index contributed by atoms with van der Waals surface area (Å²) in [5.41, 5.74) is 3.82. The summed E-state index contributed by atoms with van der Waals surface area (Å²) >= 11 is 0. The van der Waals surface area contributed by atoms with Crippen LogP contribution in [0.3, 0.4) is 0 Å². The first kappa shape index (κ1) is 18.1. The van der Waals surface area contributed by atoms with Gasteiger partial charge in [0, 0.05) is 38.0 Å². The van der Waals surface area contributed by atoms with Gasteiger partial charge in [-0.2, -0.15) is 0 Å². The lowest BCUT2D eigenvalue weighted by Gasteiger charge is -2.37. The standard InChI is InChI=1S/C22H25FN2O2/c23-21-4-2-1-3-17(21)14-22(26)24-19-6-5-16-7-10-25(15-18(16)13-19)20-8-11-27-12-9-20/h1-6,13,20H,7-12,14-15H2,(H,24,26). The quantitative estimate of drug-likeness (QED) is 0.897. The van der Waals surface area contributed by atoms with Gasteiger partial charge in [-0.15, -0.1) is 0 Å². The fourth-order valence-electron chi connectivity index (χ4n) is 4.04. The highest BCUT2D eigenvalue weighted by Crippen LogP contribution is 2.26. The molecule has 0 bridgehead atoms. The van der Waals surface area contributed by atoms with Crippen molar-refractivity contribution in [1.29, 1.82) is 0 Å². The van der Waals surface area contributed by atoms with Gasteiger partial charge >= 0.3 is 0 Å². The number of carbonyl (C=O) groups is 1. The summed E-state index contributed by atoms with van der Waals surface area (Å²) in [4.78, 5) is 14.8. The van der Waals surface area contributed by atoms with Gasteiger partial charge < -0.3 is 10.1 Å². The molecule has 1 amide bonds. The van der Waals surface area contributed by atoms with Crippen molar-refractivity contribution in [2.75, 3.05) is 25.1 Å². The van der Waals surface area contributed by atoms with Crippen molar-refractivity contribution in [3.05, 3.63) is 65.0 Å². The molecule has 27 heavy (non-hydrogen) atoms. The number of halogens is 1. The third-order valence-electron chi connectivity index (χ3n) is 5.55. The highest BCUT2D eigenvalue weighted by molar-refractivity contribution is 5.92. The molecule has 1 saturated heterocycles. The molecular weight excluding hydrogens is 343 g/mol. The second kappa shape index (κ2) is 8.19. The van der Waals surface area contributed by atoms with E-state index in [0.717, 1.165) is 51.3 Å². The second-order valence-corrected chi connectivity index (χ2v) is 7.36. The first-order valence-corrected chi connectivity index (χ1v) is 9.66. The molecule has 1 fully saturated rings. The summed E-state index contributed by atoms with van der Waals surface area (Å²) < 4.78 is 19.2. The number of carbonyl (C=O) groups excluding carboxylic acids is 1. The lowest BCUT2D eigenvalue weighted by molar-refractivity contribution is -0.115. The Balaban J connectivity index is 1.41. The Morgan fingerprint density at radius 3 is 2.78 bits per heavy atom. The van der Waals surface area contributed by atoms with Crippen molar-refractivity contribution in [3.63, 3.8) is 0 Å². The molecule has 0 saturated carbocycles. The van der Waals surface area contributed by atoms with Crippen LogP contribution in [0.25, 0.3) is 0 Å². The molecule has 142 valence electrons. The molecule has 1 N–H and O–H groups in total. The van der Waals surface area contributed by atoms with Gasteiger partial charge in [0.15, 0.2) is 0 Å². The topological polar surface area (TPSA) is 41.6 Å². The summed E-state index contributed by atoms with van der Waals surface area (Å²) in [7, 11) is 0. The number of hydrogen-bond donors (Lipinski definition) is 1. The van der Waals surface area contributed by atoms with Crippen LogP contribution in [0.4, 0.5) is 10.1 Å². The fourth-order valence-corrected chi connectivity index (χ4v) is 4.04. The van der Waals surface area contributed by atoms with Crippen LogP contribution in [-0.4, -0.2) is 36.6 Å². The zero-order valence-electron chi connectivity index (χ0n) is 15.4. The average Bonchev–Trinajstić information content (AvgIpc) is 2.70. The Morgan fingerprint density at radius 1 is 1.15 bits per heavy atom. The molecule has 5 heteroatoms. The van der Waals surface area contributed by atoms with E-state index in [1.165, 1.54) is 17.2 Å². The van der Waals surface area contributed by atoms with Crippen LogP contribution < -0.4 is 5.32 Å². The summed E-state index contributed by atoms with van der Waals surface area (Å²) in [5, 5.41) is 2.92. The van der Waals surface area contributed by atoms with E-state index in [2.05, 4.69) is 22.3 Å². The van der Waals surface area contributed by atoms with Crippen LogP contribution in [0.1, 0.15) is 29.5 Å². The minimum absolute atomic E-state index is 0.0396. The molecular formula is C22H25FN2O2. The highest BCUT2D eigenvalue weighted by Gasteiger charge is 2.25. The van der Waals surface area contributed by atoms with Crippen LogP contribution in [-0.2, 0) is 28.9 Å². The Hall–Kier alpha value is -2.24. The minimum Gasteiger partial charge on any atom is -0.381 e. The fraction of sp³-hybridized carbons (Fsp3) is 0.409. The van der Waals surface area contributed by atoms with Gasteiger partial charge in [0.05, 0.1) is 6.42 Å². The van der Waals surface area contributed by atoms with Crippen molar-refractivity contribution < 1.29 is 13.9 Å². The summed E-state index contributed by atoms with van der Waals surface area (Å²) in [5.74, 6) is -0.540. The van der Waals surface area contributed by atoms with Gasteiger partial charge in [0.1, 0.15) is 5.82 Å². The molecule has 2 aromatic carbocycles. The molecule has 2 aromatic rings. The maximum Gasteiger partial charge on any atom is 0.228 e. The largest absolute Gasteiger partial charge is 0.381 e. The predicted molar refractivity (Wildman–Crippen MR) is 103 cm³/mol. The number of benzene rings is 2. The van der Waals surface area contributed by atoms with Crippen LogP contribution in [0.2, 0.25) is 0 Å². The van der Waals surface area contributed by atoms with E-state index in [-0.39, 0.29) is 18.1 Å². The van der Waals surface area contributed by atoms with E-state index < -0.39 is 0 Å². The van der Waals surface area contributed by atoms with E-state index in [0.29, 0.717) is 11.6 Å². The average molecular weight is 368 g/mol. The van der Waals surface area contributed by atoms with Gasteiger partial charge in [-0.05, 0) is 54.2 Å². The van der Waals surface area contributed by atoms with Crippen molar-refractivity contribution >= 4 is 11.6 Å². The molecule has 0 radical (unpaired) electrons. The summed E-state index contributed by atoms with van der Waals surface area (Å²) in [6.07, 6.45) is 3.26. The Labute approximate surface area is 159 Å². The maximum absolute atomic E-state index is 13.7. The van der Waals surface area contributed by atoms with Crippen molar-refractivity contribution in [1.82, 2.24) is 4.90 Å². The van der Waals surface area contributed by atoms with E-state index in [1.54, 1.807) is 18.2 Å². The molecule has 2 heterocycles. The smallest absolute Gasteiger partial charge is 0.228 e. The molecule has 0 aromatic heterocycles. The summed E-state index contributed by atoms with van der Waals surface area (Å²) in [6.45, 7) is 3.69. The second-order valence-electron chi connectivity index (χ2n) is 7.36. The molecule has 2 aliphatic rings. The van der Waals surface area contributed by atoms with Gasteiger partial charge in [-0.1, -0.05) is 24.3 Å². The number of anilines is 1. The van der Waals surface area contributed by atoms with Gasteiger partial charge in [-0.3, -0.25) is 9.69 Å². The minimum atomic E-state index is -0.342. The van der Waals surface area contributed by atoms with Crippen LogP contribution >= 0.6 is 0 Å². The molecule has 0 atom stereocenters. The number of nitrogens with one attached hydrogen (secondary N) is 1. The van der Waals surface area contributed by atoms with E-state index >= 15 is 0 Å². The molecule has 2 aliphatic heterocycles. The molecule has 0 unspecified atom stereocenters. The predicted octanol–water partition coefficient (Wildman–Crippen LogP) is 3.54. The number of nitrogens with zero attached hydrogens (tertiary/aromatic N) is 1. The maximum atomic E-state index is 13.7. The third kappa shape index (κ3) is 4.37. The number of hydrogen-bond acceptors (Lipinski definition) is 3. The normalized spacial score (nSPS) is 18.1. The monoisotopic (exact) mass is 368 g/mol. The van der Waals surface area contributed by atoms with Crippen LogP contribution in [0.5, 0.6) is 0 Å². The first-order chi connectivity index (χ1) is 13.2. The van der Waals surface area contributed by atoms with Crippen LogP contribution in [0, 0.1) is 5.82 Å². The van der Waals surface area contributed by atoms with Crippen molar-refractivity contribution in [2.45, 2.75) is 38.3 Å². The van der Waals surface area contributed by atoms with Crippen LogP contribution in [0.15, 0.2) is 42.5 Å². The number of rotatable bonds is 4. The Morgan fingerprint density at radius 2 is 1.96 bits per heavy atom. The number of fused-ring (bicyclic) bond motifs is 1. The molecule has 4 rings (SSSR count). The SMILES string of the molecule is O=C(Cc1ccccc1F)Nc1ccc2c(c1)CN(C1CCOCC1)CC2. The van der Waals surface area contributed by atoms with E-state index in [9.17, 15) is 9.18 Å². The first-order valence-electron chi connectivity index (χ1n) is 9.66. The van der Waals surface area contributed by atoms with Gasteiger partial charge in [0.25, 0.3) is 0 Å². The molecule has 0 aliphatic carbocycles.